The minimum absolute atomic E-state index is 0.329. The molecule has 0 saturated carbocycles. The van der Waals surface area contributed by atoms with Crippen LogP contribution in [-0.4, -0.2) is 65.2 Å². The molecule has 0 rings (SSSR count). The lowest BCUT2D eigenvalue weighted by Gasteiger charge is -2.28. The maximum absolute atomic E-state index is 11.5. The van der Waals surface area contributed by atoms with Crippen molar-refractivity contribution in [3.05, 3.63) is 0 Å². The smallest absolute Gasteiger partial charge is 0.315 e. The lowest BCUT2D eigenvalue weighted by Crippen LogP contribution is -2.59. The second kappa shape index (κ2) is 9.48. The van der Waals surface area contributed by atoms with Gasteiger partial charge >= 0.3 is 6.03 Å². The molecule has 0 heterocycles. The summed E-state index contributed by atoms with van der Waals surface area (Å²) in [5.41, 5.74) is 8.99. The van der Waals surface area contributed by atoms with Crippen molar-refractivity contribution in [2.45, 2.75) is 30.8 Å². The summed E-state index contributed by atoms with van der Waals surface area (Å²) in [5, 5.41) is 31.9. The molecule has 0 aromatic carbocycles. The number of aliphatic hydroxyl groups excluding tert-OH is 3. The van der Waals surface area contributed by atoms with Crippen molar-refractivity contribution in [1.82, 2.24) is 10.6 Å². The van der Waals surface area contributed by atoms with Gasteiger partial charge in [0.1, 0.15) is 5.54 Å². The van der Waals surface area contributed by atoms with Crippen LogP contribution in [0.5, 0.6) is 0 Å². The van der Waals surface area contributed by atoms with Crippen LogP contribution < -0.4 is 22.1 Å². The largest absolute Gasteiger partial charge is 0.394 e. The maximum atomic E-state index is 11.5. The number of unbranched alkanes of at least 4 members (excludes halogenated alkanes) is 1. The van der Waals surface area contributed by atoms with E-state index < -0.39 is 43.3 Å². The number of carbonyl (C=O) groups excluding carboxylic acids is 2. The van der Waals surface area contributed by atoms with Gasteiger partial charge in [-0.05, 0) is 19.3 Å². The Morgan fingerprint density at radius 1 is 1.10 bits per heavy atom. The minimum atomic E-state index is -1.45. The van der Waals surface area contributed by atoms with Gasteiger partial charge < -0.3 is 37.4 Å². The van der Waals surface area contributed by atoms with Crippen molar-refractivity contribution in [1.29, 1.82) is 0 Å². The number of carbonyl (C=O) groups is 2. The van der Waals surface area contributed by atoms with Crippen LogP contribution in [0.15, 0.2) is 0 Å². The van der Waals surface area contributed by atoms with Gasteiger partial charge in [-0.3, -0.25) is 4.79 Å². The number of hydrogen-bond donors (Lipinski definition) is 7. The second-order valence-corrected chi connectivity index (χ2v) is 4.64. The van der Waals surface area contributed by atoms with E-state index >= 15 is 0 Å². The Bertz CT molecular complexity index is 301. The number of nitrogens with one attached hydrogen (secondary N) is 2. The van der Waals surface area contributed by atoms with E-state index in [2.05, 4.69) is 10.6 Å². The standard InChI is InChI=1S/C11H24N4O5/c12-8(9(13)19)3-1-2-4-14-10(20)15-11(5-16,6-17)7-18/h8,16-18H,1-7,12H2,(H2,13,19)(H2,14,15,20)/t8-/m1/s1. The van der Waals surface area contributed by atoms with Gasteiger partial charge in [0.15, 0.2) is 0 Å². The molecule has 118 valence electrons. The zero-order valence-corrected chi connectivity index (χ0v) is 11.3. The van der Waals surface area contributed by atoms with Crippen molar-refractivity contribution in [2.75, 3.05) is 26.4 Å². The Labute approximate surface area is 117 Å². The summed E-state index contributed by atoms with van der Waals surface area (Å²) in [6.07, 6.45) is 1.65. The number of primary amides is 1. The summed E-state index contributed by atoms with van der Waals surface area (Å²) in [5.74, 6) is -0.561. The molecule has 9 heteroatoms. The predicted molar refractivity (Wildman–Crippen MR) is 71.5 cm³/mol. The SMILES string of the molecule is NC(=O)[C@H](N)CCCCNC(=O)NC(CO)(CO)CO. The van der Waals surface area contributed by atoms with E-state index in [1.54, 1.807) is 0 Å². The average molecular weight is 292 g/mol. The molecule has 0 unspecified atom stereocenters. The Hall–Kier alpha value is -1.42. The molecule has 20 heavy (non-hydrogen) atoms. The van der Waals surface area contributed by atoms with Gasteiger partial charge in [0.2, 0.25) is 5.91 Å². The summed E-state index contributed by atoms with van der Waals surface area (Å²) in [4.78, 5) is 22.2. The third-order valence-electron chi connectivity index (χ3n) is 2.88. The first-order chi connectivity index (χ1) is 9.40. The Morgan fingerprint density at radius 2 is 1.65 bits per heavy atom. The van der Waals surface area contributed by atoms with Crippen molar-refractivity contribution < 1.29 is 24.9 Å². The predicted octanol–water partition coefficient (Wildman–Crippen LogP) is -3.02. The lowest BCUT2D eigenvalue weighted by molar-refractivity contribution is -0.119. The molecule has 0 radical (unpaired) electrons. The van der Waals surface area contributed by atoms with Crippen LogP contribution in [-0.2, 0) is 4.79 Å². The Kier molecular flexibility index (Phi) is 8.81. The van der Waals surface area contributed by atoms with Crippen LogP contribution in [0, 0.1) is 0 Å². The van der Waals surface area contributed by atoms with Crippen molar-refractivity contribution in [3.63, 3.8) is 0 Å². The van der Waals surface area contributed by atoms with Gasteiger partial charge in [-0.2, -0.15) is 0 Å². The minimum Gasteiger partial charge on any atom is -0.394 e. The number of nitrogens with two attached hydrogens (primary N) is 2. The fourth-order valence-corrected chi connectivity index (χ4v) is 1.39. The summed E-state index contributed by atoms with van der Waals surface area (Å²) in [6.45, 7) is -1.42. The number of rotatable bonds is 10. The van der Waals surface area contributed by atoms with Crippen LogP contribution in [0.1, 0.15) is 19.3 Å². The van der Waals surface area contributed by atoms with Gasteiger partial charge in [-0.25, -0.2) is 4.79 Å². The molecule has 0 saturated heterocycles. The summed E-state index contributed by atoms with van der Waals surface area (Å²) in [7, 11) is 0. The molecular weight excluding hydrogens is 268 g/mol. The Balaban J connectivity index is 3.86. The Morgan fingerprint density at radius 3 is 2.10 bits per heavy atom. The van der Waals surface area contributed by atoms with Crippen molar-refractivity contribution >= 4 is 11.9 Å². The highest BCUT2D eigenvalue weighted by Gasteiger charge is 2.29. The van der Waals surface area contributed by atoms with Gasteiger partial charge in [0.05, 0.1) is 25.9 Å². The third kappa shape index (κ3) is 6.66. The molecule has 0 aromatic heterocycles. The molecule has 3 amide bonds. The first kappa shape index (κ1) is 18.6. The fraction of sp³-hybridized carbons (Fsp3) is 0.818. The number of aliphatic hydroxyl groups is 3. The van der Waals surface area contributed by atoms with Gasteiger partial charge in [0.25, 0.3) is 0 Å². The van der Waals surface area contributed by atoms with E-state index in [-0.39, 0.29) is 0 Å². The molecule has 0 aromatic rings. The molecule has 1 atom stereocenters. The molecular formula is C11H24N4O5. The van der Waals surface area contributed by atoms with Crippen LogP contribution in [0.2, 0.25) is 0 Å². The van der Waals surface area contributed by atoms with Crippen molar-refractivity contribution in [2.24, 2.45) is 11.5 Å². The van der Waals surface area contributed by atoms with E-state index in [9.17, 15) is 9.59 Å². The third-order valence-corrected chi connectivity index (χ3v) is 2.88. The number of urea groups is 1. The molecule has 0 bridgehead atoms. The molecule has 0 fully saturated rings. The highest BCUT2D eigenvalue weighted by Crippen LogP contribution is 2.01. The second-order valence-electron chi connectivity index (χ2n) is 4.64. The monoisotopic (exact) mass is 292 g/mol. The molecule has 9 nitrogen and oxygen atoms in total. The zero-order chi connectivity index (χ0) is 15.6. The lowest BCUT2D eigenvalue weighted by atomic mass is 10.0. The van der Waals surface area contributed by atoms with Gasteiger partial charge in [0, 0.05) is 6.54 Å². The van der Waals surface area contributed by atoms with E-state index in [1.165, 1.54) is 0 Å². The summed E-state index contributed by atoms with van der Waals surface area (Å²) in [6, 6.07) is -1.30. The summed E-state index contributed by atoms with van der Waals surface area (Å²) >= 11 is 0. The molecule has 9 N–H and O–H groups in total. The first-order valence-electron chi connectivity index (χ1n) is 6.34. The maximum Gasteiger partial charge on any atom is 0.315 e. The van der Waals surface area contributed by atoms with Crippen molar-refractivity contribution in [3.8, 4) is 0 Å². The van der Waals surface area contributed by atoms with Gasteiger partial charge in [-0.15, -0.1) is 0 Å². The van der Waals surface area contributed by atoms with E-state index in [4.69, 9.17) is 26.8 Å². The van der Waals surface area contributed by atoms with Crippen LogP contribution in [0.25, 0.3) is 0 Å². The van der Waals surface area contributed by atoms with Crippen LogP contribution >= 0.6 is 0 Å². The topological polar surface area (TPSA) is 171 Å². The van der Waals surface area contributed by atoms with Gasteiger partial charge in [-0.1, -0.05) is 0 Å². The van der Waals surface area contributed by atoms with E-state index in [1.807, 2.05) is 0 Å². The van der Waals surface area contributed by atoms with Crippen LogP contribution in [0.4, 0.5) is 4.79 Å². The molecule has 0 spiro atoms. The molecule has 0 aliphatic rings. The summed E-state index contributed by atoms with van der Waals surface area (Å²) < 4.78 is 0. The highest BCUT2D eigenvalue weighted by molar-refractivity contribution is 5.79. The first-order valence-corrected chi connectivity index (χ1v) is 6.34. The average Bonchev–Trinajstić information content (AvgIpc) is 2.44. The number of hydrogen-bond acceptors (Lipinski definition) is 6. The van der Waals surface area contributed by atoms with E-state index in [0.29, 0.717) is 25.8 Å². The molecule has 0 aliphatic carbocycles. The van der Waals surface area contributed by atoms with E-state index in [0.717, 1.165) is 0 Å². The normalized spacial score (nSPS) is 12.8. The number of amides is 3. The van der Waals surface area contributed by atoms with Crippen LogP contribution in [0.3, 0.4) is 0 Å². The zero-order valence-electron chi connectivity index (χ0n) is 11.3. The quantitative estimate of drug-likeness (QED) is 0.211. The fourth-order valence-electron chi connectivity index (χ4n) is 1.39. The molecule has 0 aliphatic heterocycles. The highest BCUT2D eigenvalue weighted by atomic mass is 16.3.